The molecule has 6 heteroatoms. The number of carbonyl (C=O) groups is 2. The highest BCUT2D eigenvalue weighted by molar-refractivity contribution is 7.99. The third-order valence-corrected chi connectivity index (χ3v) is 7.14. The van der Waals surface area contributed by atoms with Gasteiger partial charge in [-0.05, 0) is 51.7 Å². The van der Waals surface area contributed by atoms with Gasteiger partial charge in [0.05, 0.1) is 5.56 Å². The van der Waals surface area contributed by atoms with Gasteiger partial charge >= 0.3 is 0 Å². The van der Waals surface area contributed by atoms with Gasteiger partial charge in [-0.25, -0.2) is 4.98 Å². The summed E-state index contributed by atoms with van der Waals surface area (Å²) in [4.78, 5) is 34.0. The van der Waals surface area contributed by atoms with E-state index in [1.807, 2.05) is 35.8 Å². The van der Waals surface area contributed by atoms with Gasteiger partial charge in [0.1, 0.15) is 5.03 Å². The number of aromatic nitrogens is 1. The van der Waals surface area contributed by atoms with Crippen molar-refractivity contribution in [2.75, 3.05) is 26.2 Å². The first-order valence-corrected chi connectivity index (χ1v) is 11.2. The van der Waals surface area contributed by atoms with Crippen LogP contribution in [0.4, 0.5) is 0 Å². The molecule has 148 valence electrons. The number of hydrogen-bond acceptors (Lipinski definition) is 4. The molecule has 2 fully saturated rings. The molecule has 1 saturated carbocycles. The van der Waals surface area contributed by atoms with Crippen molar-refractivity contribution >= 4 is 23.6 Å². The second kappa shape index (κ2) is 9.58. The van der Waals surface area contributed by atoms with Gasteiger partial charge in [-0.2, -0.15) is 0 Å². The van der Waals surface area contributed by atoms with Gasteiger partial charge in [-0.15, -0.1) is 11.8 Å². The highest BCUT2D eigenvalue weighted by Crippen LogP contribution is 2.35. The lowest BCUT2D eigenvalue weighted by molar-refractivity contribution is -0.136. The number of hydrogen-bond donors (Lipinski definition) is 0. The molecular formula is C21H31N3O2S. The Morgan fingerprint density at radius 1 is 1.15 bits per heavy atom. The Balaban J connectivity index is 1.62. The number of amides is 2. The van der Waals surface area contributed by atoms with E-state index in [0.717, 1.165) is 36.5 Å². The lowest BCUT2D eigenvalue weighted by Gasteiger charge is -2.34. The van der Waals surface area contributed by atoms with Gasteiger partial charge in [-0.1, -0.05) is 12.8 Å². The molecule has 0 bridgehead atoms. The third-order valence-electron chi connectivity index (χ3n) is 5.79. The number of piperidine rings is 1. The second-order valence-corrected chi connectivity index (χ2v) is 8.75. The average molecular weight is 390 g/mol. The van der Waals surface area contributed by atoms with Crippen molar-refractivity contribution in [3.05, 3.63) is 23.9 Å². The number of rotatable bonds is 6. The SMILES string of the molecule is CCN(CC)C(=O)C1CCN(C(=O)c2cccnc2SC2CCCC2)CC1. The van der Waals surface area contributed by atoms with Gasteiger partial charge in [0.15, 0.2) is 0 Å². The van der Waals surface area contributed by atoms with Gasteiger partial charge < -0.3 is 9.80 Å². The molecule has 1 saturated heterocycles. The van der Waals surface area contributed by atoms with Crippen LogP contribution in [-0.2, 0) is 4.79 Å². The lowest BCUT2D eigenvalue weighted by atomic mass is 9.95. The summed E-state index contributed by atoms with van der Waals surface area (Å²) in [6, 6.07) is 3.75. The molecule has 0 aromatic carbocycles. The molecular weight excluding hydrogens is 358 g/mol. The summed E-state index contributed by atoms with van der Waals surface area (Å²) in [5, 5.41) is 1.46. The van der Waals surface area contributed by atoms with E-state index in [-0.39, 0.29) is 17.7 Å². The van der Waals surface area contributed by atoms with E-state index in [1.165, 1.54) is 25.7 Å². The van der Waals surface area contributed by atoms with Crippen molar-refractivity contribution in [1.82, 2.24) is 14.8 Å². The Morgan fingerprint density at radius 2 is 1.81 bits per heavy atom. The van der Waals surface area contributed by atoms with Crippen molar-refractivity contribution in [3.8, 4) is 0 Å². The molecule has 2 amide bonds. The van der Waals surface area contributed by atoms with Crippen LogP contribution >= 0.6 is 11.8 Å². The molecule has 3 rings (SSSR count). The molecule has 0 radical (unpaired) electrons. The van der Waals surface area contributed by atoms with Crippen LogP contribution in [0, 0.1) is 5.92 Å². The lowest BCUT2D eigenvalue weighted by Crippen LogP contribution is -2.44. The number of carbonyl (C=O) groups excluding carboxylic acids is 2. The molecule has 0 spiro atoms. The summed E-state index contributed by atoms with van der Waals surface area (Å²) in [5.74, 6) is 0.360. The molecule has 2 heterocycles. The third kappa shape index (κ3) is 4.84. The minimum atomic E-state index is 0.0511. The molecule has 0 N–H and O–H groups in total. The quantitative estimate of drug-likeness (QED) is 0.742. The predicted octanol–water partition coefficient (Wildman–Crippen LogP) is 3.84. The molecule has 1 aromatic heterocycles. The largest absolute Gasteiger partial charge is 0.343 e. The fourth-order valence-electron chi connectivity index (χ4n) is 4.10. The van der Waals surface area contributed by atoms with Gasteiger partial charge in [-0.3, -0.25) is 9.59 Å². The number of thioether (sulfide) groups is 1. The molecule has 27 heavy (non-hydrogen) atoms. The number of likely N-dealkylation sites (tertiary alicyclic amines) is 1. The topological polar surface area (TPSA) is 53.5 Å². The van der Waals surface area contributed by atoms with E-state index in [9.17, 15) is 9.59 Å². The van der Waals surface area contributed by atoms with E-state index in [1.54, 1.807) is 18.0 Å². The zero-order chi connectivity index (χ0) is 19.2. The minimum Gasteiger partial charge on any atom is -0.343 e. The number of nitrogens with zero attached hydrogens (tertiary/aromatic N) is 3. The predicted molar refractivity (Wildman–Crippen MR) is 109 cm³/mol. The molecule has 5 nitrogen and oxygen atoms in total. The van der Waals surface area contributed by atoms with Crippen molar-refractivity contribution in [2.45, 2.75) is 62.6 Å². The second-order valence-electron chi connectivity index (χ2n) is 7.46. The standard InChI is InChI=1S/C21H31N3O2S/c1-3-23(4-2)20(25)16-11-14-24(15-12-16)21(26)18-10-7-13-22-19(18)27-17-8-5-6-9-17/h7,10,13,16-17H,3-6,8-9,11-12,14-15H2,1-2H3. The molecule has 0 atom stereocenters. The normalized spacial score (nSPS) is 18.7. The fourth-order valence-corrected chi connectivity index (χ4v) is 5.39. The van der Waals surface area contributed by atoms with Crippen LogP contribution in [0.25, 0.3) is 0 Å². The van der Waals surface area contributed by atoms with Gasteiger partial charge in [0.25, 0.3) is 5.91 Å². The summed E-state index contributed by atoms with van der Waals surface area (Å²) in [5.41, 5.74) is 0.725. The summed E-state index contributed by atoms with van der Waals surface area (Å²) in [6.07, 6.45) is 8.28. The van der Waals surface area contributed by atoms with E-state index in [2.05, 4.69) is 4.98 Å². The van der Waals surface area contributed by atoms with Crippen molar-refractivity contribution < 1.29 is 9.59 Å². The molecule has 2 aliphatic rings. The van der Waals surface area contributed by atoms with Crippen molar-refractivity contribution in [2.24, 2.45) is 5.92 Å². The maximum atomic E-state index is 13.1. The maximum absolute atomic E-state index is 13.1. The fraction of sp³-hybridized carbons (Fsp3) is 0.667. The first kappa shape index (κ1) is 20.2. The summed E-state index contributed by atoms with van der Waals surface area (Å²) >= 11 is 1.77. The Morgan fingerprint density at radius 3 is 2.44 bits per heavy atom. The molecule has 1 aliphatic heterocycles. The Labute approximate surface area is 166 Å². The van der Waals surface area contributed by atoms with Crippen LogP contribution in [0.3, 0.4) is 0 Å². The smallest absolute Gasteiger partial charge is 0.256 e. The van der Waals surface area contributed by atoms with Crippen molar-refractivity contribution in [1.29, 1.82) is 0 Å². The molecule has 1 aromatic rings. The number of pyridine rings is 1. The first-order chi connectivity index (χ1) is 13.1. The summed E-state index contributed by atoms with van der Waals surface area (Å²) < 4.78 is 0. The zero-order valence-electron chi connectivity index (χ0n) is 16.5. The van der Waals surface area contributed by atoms with Crippen LogP contribution in [0.1, 0.15) is 62.7 Å². The highest BCUT2D eigenvalue weighted by Gasteiger charge is 2.31. The van der Waals surface area contributed by atoms with E-state index < -0.39 is 0 Å². The van der Waals surface area contributed by atoms with Crippen LogP contribution in [0.15, 0.2) is 23.4 Å². The minimum absolute atomic E-state index is 0.0511. The van der Waals surface area contributed by atoms with Crippen LogP contribution in [0.5, 0.6) is 0 Å². The molecule has 1 aliphatic carbocycles. The Hall–Kier alpha value is -1.56. The Bertz CT molecular complexity index is 649. The van der Waals surface area contributed by atoms with E-state index in [0.29, 0.717) is 18.3 Å². The van der Waals surface area contributed by atoms with Crippen LogP contribution in [-0.4, -0.2) is 58.0 Å². The maximum Gasteiger partial charge on any atom is 0.256 e. The Kier molecular flexibility index (Phi) is 7.16. The van der Waals surface area contributed by atoms with Crippen LogP contribution < -0.4 is 0 Å². The van der Waals surface area contributed by atoms with Gasteiger partial charge in [0.2, 0.25) is 5.91 Å². The van der Waals surface area contributed by atoms with E-state index in [4.69, 9.17) is 0 Å². The highest BCUT2D eigenvalue weighted by atomic mass is 32.2. The van der Waals surface area contributed by atoms with Gasteiger partial charge in [0, 0.05) is 43.5 Å². The zero-order valence-corrected chi connectivity index (χ0v) is 17.3. The van der Waals surface area contributed by atoms with E-state index >= 15 is 0 Å². The van der Waals surface area contributed by atoms with Crippen molar-refractivity contribution in [3.63, 3.8) is 0 Å². The summed E-state index contributed by atoms with van der Waals surface area (Å²) in [7, 11) is 0. The first-order valence-electron chi connectivity index (χ1n) is 10.3. The van der Waals surface area contributed by atoms with Crippen LogP contribution in [0.2, 0.25) is 0 Å². The monoisotopic (exact) mass is 389 g/mol. The molecule has 0 unspecified atom stereocenters. The average Bonchev–Trinajstić information content (AvgIpc) is 3.22. The summed E-state index contributed by atoms with van der Waals surface area (Å²) in [6.45, 7) is 6.85.